The van der Waals surface area contributed by atoms with E-state index in [1.807, 2.05) is 31.2 Å². The number of carboxylic acid groups (broad SMARTS) is 1. The molecular formula is C22H22N2O6. The zero-order valence-corrected chi connectivity index (χ0v) is 16.5. The van der Waals surface area contributed by atoms with Gasteiger partial charge in [0, 0.05) is 31.0 Å². The van der Waals surface area contributed by atoms with E-state index in [2.05, 4.69) is 11.4 Å². The molecule has 30 heavy (non-hydrogen) atoms. The highest BCUT2D eigenvalue weighted by molar-refractivity contribution is 6.01. The summed E-state index contributed by atoms with van der Waals surface area (Å²) in [4.78, 5) is 34.6. The Hall–Kier alpha value is -3.55. The van der Waals surface area contributed by atoms with Crippen LogP contribution in [0.2, 0.25) is 0 Å². The Balaban J connectivity index is 0.000000687. The summed E-state index contributed by atoms with van der Waals surface area (Å²) in [6, 6.07) is 10.0. The molecule has 3 heterocycles. The Morgan fingerprint density at radius 2 is 2.00 bits per heavy atom. The molecule has 0 spiro atoms. The quantitative estimate of drug-likeness (QED) is 0.738. The van der Waals surface area contributed by atoms with E-state index in [4.69, 9.17) is 19.4 Å². The summed E-state index contributed by atoms with van der Waals surface area (Å²) in [6.07, 6.45) is 1.29. The van der Waals surface area contributed by atoms with Crippen LogP contribution in [0.25, 0.3) is 0 Å². The molecule has 1 atom stereocenters. The zero-order chi connectivity index (χ0) is 21.3. The van der Waals surface area contributed by atoms with Crippen LogP contribution in [-0.4, -0.2) is 43.2 Å². The molecule has 2 amide bonds. The van der Waals surface area contributed by atoms with Crippen molar-refractivity contribution in [1.82, 2.24) is 0 Å². The van der Waals surface area contributed by atoms with E-state index in [0.717, 1.165) is 34.7 Å². The van der Waals surface area contributed by atoms with E-state index in [9.17, 15) is 9.59 Å². The van der Waals surface area contributed by atoms with Crippen molar-refractivity contribution in [2.24, 2.45) is 0 Å². The van der Waals surface area contributed by atoms with Crippen LogP contribution in [-0.2, 0) is 20.8 Å². The second-order valence-electron chi connectivity index (χ2n) is 7.21. The minimum absolute atomic E-state index is 0.0182. The van der Waals surface area contributed by atoms with Gasteiger partial charge in [-0.1, -0.05) is 12.1 Å². The monoisotopic (exact) mass is 410 g/mol. The standard InChI is InChI=1S/C21H20N2O4.CH2O2/c1-2-23-17-10-16-15(8-19(17)27-11-21(23)25)14(9-20(24)22-16)12-3-4-18-13(7-12)5-6-26-18;2-1-3/h3-4,7-8,10,14H,2,5-6,9,11H2,1H3,(H,22,24);1H,(H,2,3). The van der Waals surface area contributed by atoms with Crippen molar-refractivity contribution in [3.8, 4) is 11.5 Å². The zero-order valence-electron chi connectivity index (χ0n) is 16.5. The predicted octanol–water partition coefficient (Wildman–Crippen LogP) is 2.54. The van der Waals surface area contributed by atoms with Crippen molar-refractivity contribution in [1.29, 1.82) is 0 Å². The Morgan fingerprint density at radius 3 is 2.77 bits per heavy atom. The smallest absolute Gasteiger partial charge is 0.290 e. The van der Waals surface area contributed by atoms with E-state index in [-0.39, 0.29) is 30.8 Å². The van der Waals surface area contributed by atoms with Crippen LogP contribution in [0.1, 0.15) is 36.0 Å². The maximum absolute atomic E-state index is 12.4. The molecule has 3 aliphatic rings. The number of anilines is 2. The molecule has 0 saturated carbocycles. The fraction of sp³-hybridized carbons (Fsp3) is 0.318. The maximum Gasteiger partial charge on any atom is 0.290 e. The molecule has 0 bridgehead atoms. The average Bonchev–Trinajstić information content (AvgIpc) is 3.20. The number of hydrogen-bond donors (Lipinski definition) is 2. The number of ether oxygens (including phenoxy) is 2. The number of carbonyl (C=O) groups excluding carboxylic acids is 2. The summed E-state index contributed by atoms with van der Waals surface area (Å²) in [6.45, 7) is 3.01. The van der Waals surface area contributed by atoms with Crippen LogP contribution in [0.15, 0.2) is 30.3 Å². The van der Waals surface area contributed by atoms with Gasteiger partial charge in [-0.15, -0.1) is 0 Å². The molecule has 2 aromatic carbocycles. The lowest BCUT2D eigenvalue weighted by molar-refractivity contribution is -0.123. The van der Waals surface area contributed by atoms with Crippen LogP contribution in [0.3, 0.4) is 0 Å². The summed E-state index contributed by atoms with van der Waals surface area (Å²) in [5, 5.41) is 9.85. The van der Waals surface area contributed by atoms with Gasteiger partial charge in [-0.05, 0) is 41.8 Å². The Labute approximate surface area is 173 Å². The number of benzene rings is 2. The fourth-order valence-corrected chi connectivity index (χ4v) is 4.22. The minimum atomic E-state index is -0.250. The van der Waals surface area contributed by atoms with Gasteiger partial charge >= 0.3 is 0 Å². The first-order chi connectivity index (χ1) is 14.5. The number of hydrogen-bond acceptors (Lipinski definition) is 5. The van der Waals surface area contributed by atoms with Gasteiger partial charge < -0.3 is 24.8 Å². The highest BCUT2D eigenvalue weighted by Crippen LogP contribution is 2.45. The second kappa shape index (κ2) is 8.06. The molecule has 0 aromatic heterocycles. The van der Waals surface area contributed by atoms with E-state index >= 15 is 0 Å². The molecule has 2 N–H and O–H groups in total. The average molecular weight is 410 g/mol. The topological polar surface area (TPSA) is 105 Å². The van der Waals surface area contributed by atoms with Gasteiger partial charge in [-0.3, -0.25) is 14.4 Å². The summed E-state index contributed by atoms with van der Waals surface area (Å²) in [5.41, 5.74) is 4.79. The highest BCUT2D eigenvalue weighted by atomic mass is 16.5. The largest absolute Gasteiger partial charge is 0.493 e. The van der Waals surface area contributed by atoms with E-state index in [0.29, 0.717) is 25.3 Å². The molecule has 0 aliphatic carbocycles. The third kappa shape index (κ3) is 3.45. The number of amides is 2. The Kier molecular flexibility index (Phi) is 5.31. The number of nitrogens with one attached hydrogen (secondary N) is 1. The number of carbonyl (C=O) groups is 3. The molecule has 5 rings (SSSR count). The third-order valence-corrected chi connectivity index (χ3v) is 5.55. The molecule has 156 valence electrons. The molecule has 8 nitrogen and oxygen atoms in total. The molecule has 0 fully saturated rings. The van der Waals surface area contributed by atoms with E-state index in [1.165, 1.54) is 5.56 Å². The molecule has 8 heteroatoms. The van der Waals surface area contributed by atoms with Gasteiger partial charge in [-0.25, -0.2) is 0 Å². The molecule has 1 unspecified atom stereocenters. The SMILES string of the molecule is CCN1C(=O)COc2cc3c(cc21)NC(=O)CC3c1ccc2c(c1)CCO2.O=CO. The summed E-state index contributed by atoms with van der Waals surface area (Å²) in [7, 11) is 0. The normalized spacial score (nSPS) is 18.6. The Bertz CT molecular complexity index is 1020. The molecule has 0 saturated heterocycles. The highest BCUT2D eigenvalue weighted by Gasteiger charge is 2.32. The van der Waals surface area contributed by atoms with Crippen molar-refractivity contribution in [3.05, 3.63) is 47.0 Å². The lowest BCUT2D eigenvalue weighted by Crippen LogP contribution is -2.39. The van der Waals surface area contributed by atoms with Gasteiger partial charge in [0.15, 0.2) is 6.61 Å². The summed E-state index contributed by atoms with van der Waals surface area (Å²) < 4.78 is 11.3. The molecule has 0 radical (unpaired) electrons. The lowest BCUT2D eigenvalue weighted by atomic mass is 9.83. The first kappa shape index (κ1) is 19.8. The second-order valence-corrected chi connectivity index (χ2v) is 7.21. The van der Waals surface area contributed by atoms with Crippen LogP contribution >= 0.6 is 0 Å². The first-order valence-corrected chi connectivity index (χ1v) is 9.80. The predicted molar refractivity (Wildman–Crippen MR) is 109 cm³/mol. The van der Waals surface area contributed by atoms with Gasteiger partial charge in [0.2, 0.25) is 5.91 Å². The maximum atomic E-state index is 12.4. The van der Waals surface area contributed by atoms with Gasteiger partial charge in [0.1, 0.15) is 11.5 Å². The van der Waals surface area contributed by atoms with Crippen molar-refractivity contribution in [2.45, 2.75) is 25.7 Å². The van der Waals surface area contributed by atoms with Crippen molar-refractivity contribution < 1.29 is 29.0 Å². The lowest BCUT2D eigenvalue weighted by Gasteiger charge is -2.33. The number of likely N-dealkylation sites (N-methyl/N-ethyl adjacent to an activating group) is 1. The van der Waals surface area contributed by atoms with Crippen LogP contribution in [0.5, 0.6) is 11.5 Å². The van der Waals surface area contributed by atoms with Gasteiger partial charge in [0.05, 0.1) is 12.3 Å². The first-order valence-electron chi connectivity index (χ1n) is 9.80. The van der Waals surface area contributed by atoms with E-state index in [1.54, 1.807) is 4.90 Å². The number of nitrogens with zero attached hydrogens (tertiary/aromatic N) is 1. The van der Waals surface area contributed by atoms with Crippen molar-refractivity contribution in [2.75, 3.05) is 30.0 Å². The van der Waals surface area contributed by atoms with Gasteiger partial charge in [0.25, 0.3) is 12.4 Å². The molecular weight excluding hydrogens is 388 g/mol. The Morgan fingerprint density at radius 1 is 1.20 bits per heavy atom. The number of rotatable bonds is 2. The summed E-state index contributed by atoms with van der Waals surface area (Å²) >= 11 is 0. The molecule has 2 aromatic rings. The minimum Gasteiger partial charge on any atom is -0.493 e. The van der Waals surface area contributed by atoms with Crippen LogP contribution in [0.4, 0.5) is 11.4 Å². The van der Waals surface area contributed by atoms with Gasteiger partial charge in [-0.2, -0.15) is 0 Å². The third-order valence-electron chi connectivity index (χ3n) is 5.55. The number of fused-ring (bicyclic) bond motifs is 3. The fourth-order valence-electron chi connectivity index (χ4n) is 4.22. The van der Waals surface area contributed by atoms with Crippen LogP contribution in [0, 0.1) is 0 Å². The van der Waals surface area contributed by atoms with Crippen molar-refractivity contribution >= 4 is 29.7 Å². The van der Waals surface area contributed by atoms with Crippen LogP contribution < -0.4 is 19.7 Å². The van der Waals surface area contributed by atoms with Crippen molar-refractivity contribution in [3.63, 3.8) is 0 Å². The summed E-state index contributed by atoms with van der Waals surface area (Å²) in [5.74, 6) is 1.50. The van der Waals surface area contributed by atoms with E-state index < -0.39 is 0 Å². The molecule has 3 aliphatic heterocycles.